The molecular weight excluding hydrogens is 266 g/mol. The first-order valence-corrected chi connectivity index (χ1v) is 7.38. The van der Waals surface area contributed by atoms with E-state index >= 15 is 0 Å². The molecule has 2 rings (SSSR count). The molecule has 1 heterocycles. The third kappa shape index (κ3) is 3.32. The molecule has 1 unspecified atom stereocenters. The highest BCUT2D eigenvalue weighted by atomic mass is 16.5. The molecule has 21 heavy (non-hydrogen) atoms. The van der Waals surface area contributed by atoms with E-state index < -0.39 is 0 Å². The largest absolute Gasteiger partial charge is 0.494 e. The normalized spacial score (nSPS) is 12.6. The van der Waals surface area contributed by atoms with Gasteiger partial charge >= 0.3 is 0 Å². The Labute approximate surface area is 125 Å². The Kier molecular flexibility index (Phi) is 4.77. The fraction of sp³-hybridized carbons (Fsp3) is 0.533. The van der Waals surface area contributed by atoms with Crippen LogP contribution in [0.25, 0.3) is 11.4 Å². The number of nitrogens with two attached hydrogens (primary N) is 1. The van der Waals surface area contributed by atoms with Crippen molar-refractivity contribution in [3.8, 4) is 17.1 Å². The second-order valence-electron chi connectivity index (χ2n) is 5.39. The van der Waals surface area contributed by atoms with Crippen LogP contribution in [0.4, 0.5) is 5.69 Å². The Bertz CT molecular complexity index is 593. The number of rotatable bonds is 6. The Morgan fingerprint density at radius 1 is 1.24 bits per heavy atom. The maximum Gasteiger partial charge on any atom is 0.182 e. The minimum absolute atomic E-state index is 0.256. The summed E-state index contributed by atoms with van der Waals surface area (Å²) in [5.74, 6) is 1.91. The molecule has 1 atom stereocenters. The van der Waals surface area contributed by atoms with E-state index in [1.807, 2.05) is 23.7 Å². The van der Waals surface area contributed by atoms with Crippen LogP contribution in [-0.2, 0) is 0 Å². The zero-order valence-electron chi connectivity index (χ0n) is 13.1. The first-order valence-electron chi connectivity index (χ1n) is 7.38. The number of hydrogen-bond donors (Lipinski definition) is 1. The maximum absolute atomic E-state index is 5.96. The van der Waals surface area contributed by atoms with Crippen molar-refractivity contribution in [1.82, 2.24) is 20.2 Å². The van der Waals surface area contributed by atoms with Gasteiger partial charge < -0.3 is 10.5 Å². The number of tetrazole rings is 1. The van der Waals surface area contributed by atoms with Gasteiger partial charge in [0.2, 0.25) is 0 Å². The van der Waals surface area contributed by atoms with E-state index in [0.717, 1.165) is 23.6 Å². The van der Waals surface area contributed by atoms with Gasteiger partial charge in [0.15, 0.2) is 5.82 Å². The highest BCUT2D eigenvalue weighted by Gasteiger charge is 2.20. The fourth-order valence-electron chi connectivity index (χ4n) is 2.53. The van der Waals surface area contributed by atoms with Gasteiger partial charge in [0.25, 0.3) is 0 Å². The van der Waals surface area contributed by atoms with Crippen molar-refractivity contribution in [2.75, 3.05) is 12.3 Å². The molecule has 2 N–H and O–H groups in total. The lowest BCUT2D eigenvalue weighted by Crippen LogP contribution is -2.17. The molecule has 0 saturated heterocycles. The molecule has 0 amide bonds. The van der Waals surface area contributed by atoms with Crippen LogP contribution in [0.3, 0.4) is 0 Å². The number of nitrogens with zero attached hydrogens (tertiary/aromatic N) is 4. The summed E-state index contributed by atoms with van der Waals surface area (Å²) >= 11 is 0. The molecule has 1 aromatic carbocycles. The van der Waals surface area contributed by atoms with Crippen LogP contribution in [0.15, 0.2) is 18.2 Å². The lowest BCUT2D eigenvalue weighted by molar-refractivity contribution is 0.333. The summed E-state index contributed by atoms with van der Waals surface area (Å²) in [5, 5.41) is 12.2. The van der Waals surface area contributed by atoms with E-state index in [1.165, 1.54) is 0 Å². The van der Waals surface area contributed by atoms with E-state index in [9.17, 15) is 0 Å². The second-order valence-corrected chi connectivity index (χ2v) is 5.39. The van der Waals surface area contributed by atoms with E-state index in [1.54, 1.807) is 6.07 Å². The predicted octanol–water partition coefficient (Wildman–Crippen LogP) is 2.93. The van der Waals surface area contributed by atoms with Gasteiger partial charge in [-0.3, -0.25) is 0 Å². The van der Waals surface area contributed by atoms with Crippen molar-refractivity contribution in [3.63, 3.8) is 0 Å². The van der Waals surface area contributed by atoms with Gasteiger partial charge in [-0.2, -0.15) is 0 Å². The fourth-order valence-corrected chi connectivity index (χ4v) is 2.53. The monoisotopic (exact) mass is 289 g/mol. The molecule has 1 aromatic heterocycles. The van der Waals surface area contributed by atoms with Gasteiger partial charge in [-0.05, 0) is 41.8 Å². The number of aromatic nitrogens is 4. The zero-order valence-corrected chi connectivity index (χ0v) is 13.1. The first kappa shape index (κ1) is 15.3. The molecule has 0 radical (unpaired) electrons. The molecular formula is C15H23N5O. The molecule has 0 aliphatic carbocycles. The van der Waals surface area contributed by atoms with E-state index in [0.29, 0.717) is 18.2 Å². The van der Waals surface area contributed by atoms with Crippen molar-refractivity contribution in [1.29, 1.82) is 0 Å². The van der Waals surface area contributed by atoms with Gasteiger partial charge in [0.05, 0.1) is 12.6 Å². The molecule has 0 bridgehead atoms. The minimum atomic E-state index is 0.256. The van der Waals surface area contributed by atoms with Crippen molar-refractivity contribution < 1.29 is 4.74 Å². The lowest BCUT2D eigenvalue weighted by atomic mass is 10.0. The molecule has 0 aliphatic heterocycles. The molecule has 0 spiro atoms. The summed E-state index contributed by atoms with van der Waals surface area (Å²) in [7, 11) is 0. The quantitative estimate of drug-likeness (QED) is 0.827. The number of hydrogen-bond acceptors (Lipinski definition) is 5. The number of nitrogen functional groups attached to an aromatic ring is 1. The molecule has 0 aliphatic rings. The van der Waals surface area contributed by atoms with Crippen molar-refractivity contribution in [3.05, 3.63) is 18.2 Å². The van der Waals surface area contributed by atoms with Gasteiger partial charge in [-0.25, -0.2) is 4.68 Å². The van der Waals surface area contributed by atoms with Crippen molar-refractivity contribution in [2.24, 2.45) is 5.92 Å². The van der Waals surface area contributed by atoms with Gasteiger partial charge in [0, 0.05) is 17.3 Å². The van der Waals surface area contributed by atoms with E-state index in [2.05, 4.69) is 36.3 Å². The SMILES string of the molecule is CCOc1cc(N)cc(-c2nnnn2C(CC)C(C)C)c1. The van der Waals surface area contributed by atoms with E-state index in [-0.39, 0.29) is 6.04 Å². The highest BCUT2D eigenvalue weighted by molar-refractivity contribution is 5.64. The van der Waals surface area contributed by atoms with E-state index in [4.69, 9.17) is 10.5 Å². The maximum atomic E-state index is 5.96. The Balaban J connectivity index is 2.45. The van der Waals surface area contributed by atoms with Crippen LogP contribution in [0.2, 0.25) is 0 Å². The van der Waals surface area contributed by atoms with Gasteiger partial charge in [0.1, 0.15) is 5.75 Å². The van der Waals surface area contributed by atoms with Crippen LogP contribution in [0.1, 0.15) is 40.2 Å². The summed E-state index contributed by atoms with van der Waals surface area (Å²) < 4.78 is 7.43. The minimum Gasteiger partial charge on any atom is -0.494 e. The Hall–Kier alpha value is -2.11. The van der Waals surface area contributed by atoms with Gasteiger partial charge in [-0.1, -0.05) is 20.8 Å². The third-order valence-corrected chi connectivity index (χ3v) is 3.49. The average Bonchev–Trinajstić information content (AvgIpc) is 2.88. The third-order valence-electron chi connectivity index (χ3n) is 3.49. The molecule has 0 fully saturated rings. The number of ether oxygens (including phenoxy) is 1. The summed E-state index contributed by atoms with van der Waals surface area (Å²) in [4.78, 5) is 0. The molecule has 114 valence electrons. The topological polar surface area (TPSA) is 78.8 Å². The summed E-state index contributed by atoms with van der Waals surface area (Å²) in [6.07, 6.45) is 0.969. The molecule has 2 aromatic rings. The van der Waals surface area contributed by atoms with Crippen molar-refractivity contribution in [2.45, 2.75) is 40.2 Å². The van der Waals surface area contributed by atoms with Crippen LogP contribution < -0.4 is 10.5 Å². The summed E-state index contributed by atoms with van der Waals surface area (Å²) in [5.41, 5.74) is 7.48. The highest BCUT2D eigenvalue weighted by Crippen LogP contribution is 2.29. The average molecular weight is 289 g/mol. The molecule has 6 nitrogen and oxygen atoms in total. The second kappa shape index (κ2) is 6.56. The standard InChI is InChI=1S/C15H23N5O/c1-5-14(10(3)4)20-15(17-18-19-20)11-7-12(16)9-13(8-11)21-6-2/h7-10,14H,5-6,16H2,1-4H3. The predicted molar refractivity (Wildman–Crippen MR) is 83.0 cm³/mol. The summed E-state index contributed by atoms with van der Waals surface area (Å²) in [6, 6.07) is 5.86. The zero-order chi connectivity index (χ0) is 15.4. The summed E-state index contributed by atoms with van der Waals surface area (Å²) in [6.45, 7) is 9.02. The Morgan fingerprint density at radius 2 is 2.00 bits per heavy atom. The van der Waals surface area contributed by atoms with Crippen molar-refractivity contribution >= 4 is 5.69 Å². The van der Waals surface area contributed by atoms with Gasteiger partial charge in [-0.15, -0.1) is 5.10 Å². The first-order chi connectivity index (χ1) is 10.1. The molecule has 6 heteroatoms. The molecule has 0 saturated carbocycles. The Morgan fingerprint density at radius 3 is 2.62 bits per heavy atom. The van der Waals surface area contributed by atoms with Crippen LogP contribution in [0, 0.1) is 5.92 Å². The lowest BCUT2D eigenvalue weighted by Gasteiger charge is -2.20. The van der Waals surface area contributed by atoms with Crippen LogP contribution >= 0.6 is 0 Å². The van der Waals surface area contributed by atoms with Crippen LogP contribution in [-0.4, -0.2) is 26.8 Å². The number of benzene rings is 1. The smallest absolute Gasteiger partial charge is 0.182 e. The number of anilines is 1. The van der Waals surface area contributed by atoms with Crippen LogP contribution in [0.5, 0.6) is 5.75 Å².